The lowest BCUT2D eigenvalue weighted by atomic mass is 10.0. The van der Waals surface area contributed by atoms with Crippen molar-refractivity contribution in [1.29, 1.82) is 0 Å². The highest BCUT2D eigenvalue weighted by Crippen LogP contribution is 2.28. The van der Waals surface area contributed by atoms with E-state index in [0.29, 0.717) is 43.1 Å². The number of amides is 3. The van der Waals surface area contributed by atoms with Crippen molar-refractivity contribution in [1.82, 2.24) is 10.6 Å². The second-order valence-corrected chi connectivity index (χ2v) is 10.1. The van der Waals surface area contributed by atoms with Crippen LogP contribution in [-0.2, 0) is 20.9 Å². The number of benzene rings is 1. The maximum Gasteiger partial charge on any atom is 0.263 e. The maximum absolute atomic E-state index is 12.4. The van der Waals surface area contributed by atoms with Gasteiger partial charge >= 0.3 is 0 Å². The SMILES string of the molecule is C=C(CCCCCCCCC(=O)Nc1c(C)csc1C(=O)NCCOC)CC(=O)NCc1ccccc1. The second-order valence-electron chi connectivity index (χ2n) is 9.23. The van der Waals surface area contributed by atoms with Crippen molar-refractivity contribution in [2.24, 2.45) is 0 Å². The van der Waals surface area contributed by atoms with Gasteiger partial charge in [-0.25, -0.2) is 0 Å². The highest BCUT2D eigenvalue weighted by atomic mass is 32.1. The van der Waals surface area contributed by atoms with Gasteiger partial charge in [0.05, 0.1) is 12.3 Å². The van der Waals surface area contributed by atoms with Gasteiger partial charge in [0.25, 0.3) is 5.91 Å². The molecule has 0 saturated carbocycles. The van der Waals surface area contributed by atoms with Crippen LogP contribution in [0.25, 0.3) is 0 Å². The number of ether oxygens (including phenoxy) is 1. The molecule has 1 aromatic carbocycles. The van der Waals surface area contributed by atoms with Crippen molar-refractivity contribution in [3.8, 4) is 0 Å². The molecule has 0 aliphatic carbocycles. The Morgan fingerprint density at radius 1 is 0.919 bits per heavy atom. The molecule has 3 N–H and O–H groups in total. The molecule has 202 valence electrons. The molecule has 7 nitrogen and oxygen atoms in total. The zero-order chi connectivity index (χ0) is 26.9. The van der Waals surface area contributed by atoms with Crippen LogP contribution in [0.1, 0.15) is 78.6 Å². The molecule has 0 saturated heterocycles. The molecule has 0 bridgehead atoms. The third-order valence-electron chi connectivity index (χ3n) is 5.96. The quantitative estimate of drug-likeness (QED) is 0.170. The Kier molecular flexibility index (Phi) is 14.3. The first-order valence-electron chi connectivity index (χ1n) is 13.0. The van der Waals surface area contributed by atoms with E-state index in [0.717, 1.165) is 61.6 Å². The minimum Gasteiger partial charge on any atom is -0.383 e. The predicted octanol–water partition coefficient (Wildman–Crippen LogP) is 5.75. The largest absolute Gasteiger partial charge is 0.383 e. The predicted molar refractivity (Wildman–Crippen MR) is 151 cm³/mol. The molecule has 1 heterocycles. The van der Waals surface area contributed by atoms with Crippen molar-refractivity contribution in [3.05, 3.63) is 63.9 Å². The minimum atomic E-state index is -0.194. The van der Waals surface area contributed by atoms with Gasteiger partial charge < -0.3 is 20.7 Å². The van der Waals surface area contributed by atoms with Crippen LogP contribution in [0.4, 0.5) is 5.69 Å². The van der Waals surface area contributed by atoms with Crippen molar-refractivity contribution in [2.45, 2.75) is 71.3 Å². The Hall–Kier alpha value is -2.97. The van der Waals surface area contributed by atoms with Gasteiger partial charge in [-0.1, -0.05) is 68.2 Å². The molecule has 0 aliphatic rings. The Morgan fingerprint density at radius 2 is 1.59 bits per heavy atom. The number of thiophene rings is 1. The lowest BCUT2D eigenvalue weighted by molar-refractivity contribution is -0.120. The van der Waals surface area contributed by atoms with E-state index in [1.165, 1.54) is 11.3 Å². The van der Waals surface area contributed by atoms with Gasteiger partial charge in [0.2, 0.25) is 11.8 Å². The van der Waals surface area contributed by atoms with E-state index in [-0.39, 0.29) is 17.7 Å². The highest BCUT2D eigenvalue weighted by molar-refractivity contribution is 7.13. The van der Waals surface area contributed by atoms with Gasteiger partial charge in [0.15, 0.2) is 0 Å². The Morgan fingerprint density at radius 3 is 2.30 bits per heavy atom. The molecular weight excluding hydrogens is 486 g/mol. The van der Waals surface area contributed by atoms with E-state index < -0.39 is 0 Å². The third-order valence-corrected chi connectivity index (χ3v) is 7.06. The standard InChI is InChI=1S/C29H41N3O4S/c1-22(19-26(34)31-20-24-14-10-8-11-15-24)13-9-6-4-5-7-12-16-25(33)32-27-23(2)21-37-28(27)29(35)30-17-18-36-3/h8,10-11,14-15,21H,1,4-7,9,12-13,16-20H2,2-3H3,(H,30,35)(H,31,34)(H,32,33). The van der Waals surface area contributed by atoms with Crippen LogP contribution < -0.4 is 16.0 Å². The molecule has 37 heavy (non-hydrogen) atoms. The molecule has 0 aliphatic heterocycles. The van der Waals surface area contributed by atoms with E-state index in [4.69, 9.17) is 4.74 Å². The Balaban J connectivity index is 1.52. The summed E-state index contributed by atoms with van der Waals surface area (Å²) in [5, 5.41) is 10.6. The maximum atomic E-state index is 12.4. The summed E-state index contributed by atoms with van der Waals surface area (Å²) in [5.41, 5.74) is 3.56. The van der Waals surface area contributed by atoms with Crippen LogP contribution >= 0.6 is 11.3 Å². The fraction of sp³-hybridized carbons (Fsp3) is 0.483. The number of hydrogen-bond acceptors (Lipinski definition) is 5. The molecule has 0 atom stereocenters. The van der Waals surface area contributed by atoms with Crippen LogP contribution in [0.15, 0.2) is 47.9 Å². The first-order chi connectivity index (χ1) is 17.9. The van der Waals surface area contributed by atoms with Crippen molar-refractivity contribution in [2.75, 3.05) is 25.6 Å². The van der Waals surface area contributed by atoms with E-state index >= 15 is 0 Å². The molecule has 0 unspecified atom stereocenters. The van der Waals surface area contributed by atoms with Crippen molar-refractivity contribution in [3.63, 3.8) is 0 Å². The summed E-state index contributed by atoms with van der Waals surface area (Å²) < 4.78 is 4.96. The summed E-state index contributed by atoms with van der Waals surface area (Å²) in [4.78, 5) is 37.4. The topological polar surface area (TPSA) is 96.5 Å². The molecule has 0 fully saturated rings. The number of anilines is 1. The van der Waals surface area contributed by atoms with Gasteiger partial charge in [0, 0.05) is 33.0 Å². The number of unbranched alkanes of at least 4 members (excludes halogenated alkanes) is 5. The summed E-state index contributed by atoms with van der Waals surface area (Å²) in [6, 6.07) is 9.88. The second kappa shape index (κ2) is 17.5. The highest BCUT2D eigenvalue weighted by Gasteiger charge is 2.17. The molecule has 0 spiro atoms. The number of carbonyl (C=O) groups excluding carboxylic acids is 3. The smallest absolute Gasteiger partial charge is 0.263 e. The van der Waals surface area contributed by atoms with Crippen LogP contribution in [0.5, 0.6) is 0 Å². The molecule has 8 heteroatoms. The van der Waals surface area contributed by atoms with Gasteiger partial charge in [-0.3, -0.25) is 14.4 Å². The van der Waals surface area contributed by atoms with Crippen LogP contribution in [0.2, 0.25) is 0 Å². The van der Waals surface area contributed by atoms with Gasteiger partial charge in [-0.05, 0) is 42.7 Å². The summed E-state index contributed by atoms with van der Waals surface area (Å²) in [6.07, 6.45) is 7.78. The zero-order valence-corrected chi connectivity index (χ0v) is 23.0. The lowest BCUT2D eigenvalue weighted by Gasteiger charge is -2.09. The monoisotopic (exact) mass is 527 g/mol. The zero-order valence-electron chi connectivity index (χ0n) is 22.2. The van der Waals surface area contributed by atoms with Crippen molar-refractivity contribution < 1.29 is 19.1 Å². The summed E-state index contributed by atoms with van der Waals surface area (Å²) in [6.45, 7) is 7.36. The fourth-order valence-corrected chi connectivity index (χ4v) is 4.78. The van der Waals surface area contributed by atoms with E-state index in [2.05, 4.69) is 22.5 Å². The van der Waals surface area contributed by atoms with E-state index in [1.807, 2.05) is 42.6 Å². The number of methoxy groups -OCH3 is 1. The summed E-state index contributed by atoms with van der Waals surface area (Å²) in [7, 11) is 1.58. The van der Waals surface area contributed by atoms with E-state index in [1.54, 1.807) is 7.11 Å². The Bertz CT molecular complexity index is 1000. The molecule has 1 aromatic heterocycles. The average molecular weight is 528 g/mol. The van der Waals surface area contributed by atoms with Crippen LogP contribution in [0, 0.1) is 6.92 Å². The molecule has 2 aromatic rings. The number of carbonyl (C=O) groups is 3. The van der Waals surface area contributed by atoms with Gasteiger partial charge in [-0.2, -0.15) is 0 Å². The Labute approximate surface area is 225 Å². The molecule has 2 rings (SSSR count). The van der Waals surface area contributed by atoms with Crippen LogP contribution in [-0.4, -0.2) is 38.0 Å². The first kappa shape index (κ1) is 30.3. The average Bonchev–Trinajstić information content (AvgIpc) is 3.24. The number of hydrogen-bond donors (Lipinski definition) is 3. The summed E-state index contributed by atoms with van der Waals surface area (Å²) in [5.74, 6) is -0.237. The van der Waals surface area contributed by atoms with Gasteiger partial charge in [0.1, 0.15) is 4.88 Å². The normalized spacial score (nSPS) is 10.6. The minimum absolute atomic E-state index is 0.0172. The molecule has 0 radical (unpaired) electrons. The molecular formula is C29H41N3O4S. The fourth-order valence-electron chi connectivity index (χ4n) is 3.86. The first-order valence-corrected chi connectivity index (χ1v) is 13.9. The molecule has 3 amide bonds. The third kappa shape index (κ3) is 12.2. The van der Waals surface area contributed by atoms with Gasteiger partial charge in [-0.15, -0.1) is 11.3 Å². The number of aryl methyl sites for hydroxylation is 1. The van der Waals surface area contributed by atoms with Crippen molar-refractivity contribution >= 4 is 34.7 Å². The lowest BCUT2D eigenvalue weighted by Crippen LogP contribution is -2.27. The summed E-state index contributed by atoms with van der Waals surface area (Å²) >= 11 is 1.33. The van der Waals surface area contributed by atoms with Crippen LogP contribution in [0.3, 0.4) is 0 Å². The number of rotatable bonds is 18. The number of nitrogens with one attached hydrogen (secondary N) is 3. The van der Waals surface area contributed by atoms with E-state index in [9.17, 15) is 14.4 Å².